The van der Waals surface area contributed by atoms with Crippen molar-refractivity contribution in [1.29, 1.82) is 0 Å². The Bertz CT molecular complexity index is 648. The van der Waals surface area contributed by atoms with E-state index >= 15 is 0 Å². The molecule has 0 saturated carbocycles. The predicted octanol–water partition coefficient (Wildman–Crippen LogP) is 2.09. The van der Waals surface area contributed by atoms with Crippen LogP contribution in [0.4, 0.5) is 0 Å². The number of hydrogen-bond acceptors (Lipinski definition) is 2. The average molecular weight is 269 g/mol. The largest absolute Gasteiger partial charge is 0.361 e. The highest BCUT2D eigenvalue weighted by molar-refractivity contribution is 5.98. The van der Waals surface area contributed by atoms with Crippen LogP contribution in [0.15, 0.2) is 30.5 Å². The molecule has 1 N–H and O–H groups in total. The van der Waals surface area contributed by atoms with Crippen molar-refractivity contribution >= 4 is 16.8 Å². The minimum atomic E-state index is 0.180. The number of nitrogens with zero attached hydrogens (tertiary/aromatic N) is 2. The summed E-state index contributed by atoms with van der Waals surface area (Å²) in [6.45, 7) is 4.00. The van der Waals surface area contributed by atoms with Gasteiger partial charge in [-0.05, 0) is 43.7 Å². The molecule has 2 aliphatic heterocycles. The predicted molar refractivity (Wildman–Crippen MR) is 78.8 cm³/mol. The van der Waals surface area contributed by atoms with Gasteiger partial charge in [-0.1, -0.05) is 0 Å². The zero-order valence-electron chi connectivity index (χ0n) is 11.5. The van der Waals surface area contributed by atoms with E-state index in [1.54, 1.807) is 0 Å². The number of carbonyl (C=O) groups excluding carboxylic acids is 1. The normalized spacial score (nSPS) is 23.2. The quantitative estimate of drug-likeness (QED) is 0.861. The highest BCUT2D eigenvalue weighted by Gasteiger charge is 2.32. The maximum absolute atomic E-state index is 12.7. The van der Waals surface area contributed by atoms with Crippen LogP contribution in [0.1, 0.15) is 23.2 Å². The smallest absolute Gasteiger partial charge is 0.253 e. The highest BCUT2D eigenvalue weighted by Crippen LogP contribution is 2.23. The van der Waals surface area contributed by atoms with Gasteiger partial charge in [0, 0.05) is 48.3 Å². The van der Waals surface area contributed by atoms with Crippen LogP contribution >= 0.6 is 0 Å². The van der Waals surface area contributed by atoms with Crippen molar-refractivity contribution in [3.05, 3.63) is 36.0 Å². The Labute approximate surface area is 118 Å². The molecule has 3 heterocycles. The fraction of sp³-hybridized carbons (Fsp3) is 0.438. The summed E-state index contributed by atoms with van der Waals surface area (Å²) in [6.07, 6.45) is 4.43. The molecule has 4 rings (SSSR count). The Balaban J connectivity index is 1.56. The van der Waals surface area contributed by atoms with Gasteiger partial charge in [0.25, 0.3) is 5.91 Å². The van der Waals surface area contributed by atoms with Gasteiger partial charge < -0.3 is 9.88 Å². The number of aromatic nitrogens is 1. The number of nitrogens with one attached hydrogen (secondary N) is 1. The molecule has 0 radical (unpaired) electrons. The number of hydrogen-bond donors (Lipinski definition) is 1. The molecule has 2 aliphatic rings. The first kappa shape index (κ1) is 12.0. The fourth-order valence-electron chi connectivity index (χ4n) is 3.54. The summed E-state index contributed by atoms with van der Waals surface area (Å²) >= 11 is 0. The molecule has 4 nitrogen and oxygen atoms in total. The zero-order valence-corrected chi connectivity index (χ0v) is 11.5. The molecule has 2 saturated heterocycles. The van der Waals surface area contributed by atoms with Gasteiger partial charge in [-0.2, -0.15) is 0 Å². The molecule has 0 bridgehead atoms. The number of piperazine rings is 1. The summed E-state index contributed by atoms with van der Waals surface area (Å²) < 4.78 is 0. The van der Waals surface area contributed by atoms with Crippen LogP contribution in [0.5, 0.6) is 0 Å². The maximum atomic E-state index is 12.7. The molecule has 4 heteroatoms. The second-order valence-electron chi connectivity index (χ2n) is 5.86. The van der Waals surface area contributed by atoms with Gasteiger partial charge in [-0.25, -0.2) is 0 Å². The third-order valence-corrected chi connectivity index (χ3v) is 4.67. The van der Waals surface area contributed by atoms with Crippen molar-refractivity contribution in [2.24, 2.45) is 0 Å². The van der Waals surface area contributed by atoms with Crippen molar-refractivity contribution in [2.45, 2.75) is 18.9 Å². The van der Waals surface area contributed by atoms with E-state index < -0.39 is 0 Å². The van der Waals surface area contributed by atoms with E-state index in [4.69, 9.17) is 0 Å². The summed E-state index contributed by atoms with van der Waals surface area (Å²) in [5.74, 6) is 0.180. The van der Waals surface area contributed by atoms with E-state index in [-0.39, 0.29) is 5.91 Å². The Hall–Kier alpha value is -1.81. The van der Waals surface area contributed by atoms with Gasteiger partial charge in [-0.15, -0.1) is 0 Å². The first-order valence-electron chi connectivity index (χ1n) is 7.42. The SMILES string of the molecule is O=C(c1ccc2[nH]ccc2c1)N1CCN2CCC[C@H]2C1. The monoisotopic (exact) mass is 269 g/mol. The highest BCUT2D eigenvalue weighted by atomic mass is 16.2. The molecule has 20 heavy (non-hydrogen) atoms. The van der Waals surface area contributed by atoms with E-state index in [1.807, 2.05) is 35.4 Å². The fourth-order valence-corrected chi connectivity index (χ4v) is 3.54. The maximum Gasteiger partial charge on any atom is 0.253 e. The topological polar surface area (TPSA) is 39.3 Å². The second kappa shape index (κ2) is 4.63. The van der Waals surface area contributed by atoms with E-state index in [1.165, 1.54) is 19.4 Å². The number of H-pyrrole nitrogens is 1. The molecular weight excluding hydrogens is 250 g/mol. The van der Waals surface area contributed by atoms with Crippen molar-refractivity contribution in [3.63, 3.8) is 0 Å². The average Bonchev–Trinajstić information content (AvgIpc) is 3.13. The molecule has 1 atom stereocenters. The second-order valence-corrected chi connectivity index (χ2v) is 5.86. The van der Waals surface area contributed by atoms with Crippen LogP contribution in [-0.2, 0) is 0 Å². The number of fused-ring (bicyclic) bond motifs is 2. The molecule has 2 aromatic rings. The van der Waals surface area contributed by atoms with Crippen LogP contribution in [-0.4, -0.2) is 52.9 Å². The van der Waals surface area contributed by atoms with E-state index in [0.717, 1.165) is 36.1 Å². The van der Waals surface area contributed by atoms with Crippen LogP contribution in [0, 0.1) is 0 Å². The van der Waals surface area contributed by atoms with Gasteiger partial charge in [0.2, 0.25) is 0 Å². The van der Waals surface area contributed by atoms with E-state index in [0.29, 0.717) is 6.04 Å². The lowest BCUT2D eigenvalue weighted by molar-refractivity contribution is 0.0571. The van der Waals surface area contributed by atoms with Crippen molar-refractivity contribution in [3.8, 4) is 0 Å². The number of carbonyl (C=O) groups is 1. The van der Waals surface area contributed by atoms with Gasteiger partial charge in [0.1, 0.15) is 0 Å². The van der Waals surface area contributed by atoms with E-state index in [9.17, 15) is 4.79 Å². The van der Waals surface area contributed by atoms with Gasteiger partial charge >= 0.3 is 0 Å². The number of benzene rings is 1. The lowest BCUT2D eigenvalue weighted by Gasteiger charge is -2.37. The first-order valence-corrected chi connectivity index (χ1v) is 7.42. The molecule has 0 spiro atoms. The number of rotatable bonds is 1. The molecular formula is C16H19N3O. The van der Waals surface area contributed by atoms with E-state index in [2.05, 4.69) is 9.88 Å². The lowest BCUT2D eigenvalue weighted by atomic mass is 10.1. The first-order chi connectivity index (χ1) is 9.81. The molecule has 1 amide bonds. The number of amides is 1. The van der Waals surface area contributed by atoms with Crippen LogP contribution in [0.2, 0.25) is 0 Å². The summed E-state index contributed by atoms with van der Waals surface area (Å²) in [5.41, 5.74) is 1.89. The van der Waals surface area contributed by atoms with Crippen molar-refractivity contribution < 1.29 is 4.79 Å². The van der Waals surface area contributed by atoms with Crippen molar-refractivity contribution in [1.82, 2.24) is 14.8 Å². The van der Waals surface area contributed by atoms with Crippen molar-refractivity contribution in [2.75, 3.05) is 26.2 Å². The molecule has 1 aromatic carbocycles. The van der Waals surface area contributed by atoms with Gasteiger partial charge in [0.05, 0.1) is 0 Å². The van der Waals surface area contributed by atoms with Crippen LogP contribution in [0.3, 0.4) is 0 Å². The standard InChI is InChI=1S/C16H19N3O/c20-16(13-3-4-15-12(10-13)5-6-17-15)19-9-8-18-7-1-2-14(18)11-19/h3-6,10,14,17H,1-2,7-9,11H2/t14-/m0/s1. The molecule has 0 aliphatic carbocycles. The molecule has 0 unspecified atom stereocenters. The van der Waals surface area contributed by atoms with Crippen LogP contribution in [0.25, 0.3) is 10.9 Å². The summed E-state index contributed by atoms with van der Waals surface area (Å²) in [6, 6.07) is 8.52. The molecule has 2 fully saturated rings. The summed E-state index contributed by atoms with van der Waals surface area (Å²) in [5, 5.41) is 1.11. The number of aromatic amines is 1. The summed E-state index contributed by atoms with van der Waals surface area (Å²) in [4.78, 5) is 20.4. The Morgan fingerprint density at radius 2 is 2.15 bits per heavy atom. The Morgan fingerprint density at radius 3 is 3.10 bits per heavy atom. The van der Waals surface area contributed by atoms with Crippen LogP contribution < -0.4 is 0 Å². The minimum Gasteiger partial charge on any atom is -0.361 e. The third-order valence-electron chi connectivity index (χ3n) is 4.67. The Morgan fingerprint density at radius 1 is 1.20 bits per heavy atom. The van der Waals surface area contributed by atoms with Gasteiger partial charge in [0.15, 0.2) is 0 Å². The lowest BCUT2D eigenvalue weighted by Crippen LogP contribution is -2.52. The van der Waals surface area contributed by atoms with Gasteiger partial charge in [-0.3, -0.25) is 9.69 Å². The minimum absolute atomic E-state index is 0.180. The Kier molecular flexibility index (Phi) is 2.77. The molecule has 104 valence electrons. The summed E-state index contributed by atoms with van der Waals surface area (Å²) in [7, 11) is 0. The zero-order chi connectivity index (χ0) is 13.5. The third kappa shape index (κ3) is 1.91. The molecule has 1 aromatic heterocycles.